The summed E-state index contributed by atoms with van der Waals surface area (Å²) in [7, 11) is 0. The lowest BCUT2D eigenvalue weighted by molar-refractivity contribution is 0.172. The summed E-state index contributed by atoms with van der Waals surface area (Å²) >= 11 is 0. The summed E-state index contributed by atoms with van der Waals surface area (Å²) in [4.78, 5) is 18.7. The number of nitrogens with one attached hydrogen (secondary N) is 2. The van der Waals surface area contributed by atoms with Crippen LogP contribution in [0.2, 0.25) is 0 Å². The van der Waals surface area contributed by atoms with E-state index < -0.39 is 5.54 Å². The third-order valence-corrected chi connectivity index (χ3v) is 3.99. The first kappa shape index (κ1) is 15.6. The Bertz CT molecular complexity index is 482. The second-order valence-electron chi connectivity index (χ2n) is 5.72. The summed E-state index contributed by atoms with van der Waals surface area (Å²) in [6.45, 7) is 5.59. The molecule has 0 spiro atoms. The van der Waals surface area contributed by atoms with Crippen LogP contribution in [0.3, 0.4) is 0 Å². The highest BCUT2D eigenvalue weighted by atomic mass is 16.3. The average molecular weight is 292 g/mol. The van der Waals surface area contributed by atoms with Gasteiger partial charge in [-0.3, -0.25) is 0 Å². The van der Waals surface area contributed by atoms with E-state index in [4.69, 9.17) is 0 Å². The van der Waals surface area contributed by atoms with Crippen molar-refractivity contribution in [3.8, 4) is 0 Å². The van der Waals surface area contributed by atoms with Gasteiger partial charge in [-0.15, -0.1) is 0 Å². The van der Waals surface area contributed by atoms with Crippen molar-refractivity contribution in [2.45, 2.75) is 38.6 Å². The van der Waals surface area contributed by atoms with E-state index >= 15 is 0 Å². The van der Waals surface area contributed by atoms with Gasteiger partial charge in [0.2, 0.25) is 0 Å². The van der Waals surface area contributed by atoms with Crippen LogP contribution in [-0.4, -0.2) is 41.4 Å². The number of rotatable bonds is 5. The maximum absolute atomic E-state index is 12.1. The third-order valence-electron chi connectivity index (χ3n) is 3.99. The molecule has 1 aromatic heterocycles. The predicted molar refractivity (Wildman–Crippen MR) is 83.6 cm³/mol. The van der Waals surface area contributed by atoms with E-state index in [2.05, 4.69) is 20.5 Å². The molecule has 0 bridgehead atoms. The molecule has 21 heavy (non-hydrogen) atoms. The monoisotopic (exact) mass is 292 g/mol. The summed E-state index contributed by atoms with van der Waals surface area (Å²) < 4.78 is 0. The predicted octanol–water partition coefficient (Wildman–Crippen LogP) is 1.96. The number of carbonyl (C=O) groups excluding carboxylic acids is 1. The highest BCUT2D eigenvalue weighted by molar-refractivity contribution is 5.92. The maximum atomic E-state index is 12.1. The van der Waals surface area contributed by atoms with E-state index in [1.165, 1.54) is 0 Å². The van der Waals surface area contributed by atoms with Crippen LogP contribution in [-0.2, 0) is 0 Å². The van der Waals surface area contributed by atoms with Gasteiger partial charge in [0.15, 0.2) is 5.82 Å². The van der Waals surface area contributed by atoms with Gasteiger partial charge in [-0.1, -0.05) is 6.92 Å². The van der Waals surface area contributed by atoms with E-state index in [-0.39, 0.29) is 12.6 Å². The van der Waals surface area contributed by atoms with E-state index in [0.29, 0.717) is 12.1 Å². The summed E-state index contributed by atoms with van der Waals surface area (Å²) in [6, 6.07) is 3.34. The summed E-state index contributed by atoms with van der Waals surface area (Å²) in [5.74, 6) is 0.812. The Balaban J connectivity index is 2.07. The van der Waals surface area contributed by atoms with Gasteiger partial charge in [0, 0.05) is 19.3 Å². The highest BCUT2D eigenvalue weighted by Gasteiger charge is 2.24. The largest absolute Gasteiger partial charge is 0.394 e. The fourth-order valence-electron chi connectivity index (χ4n) is 2.34. The lowest BCUT2D eigenvalue weighted by atomic mass is 10.0. The number of nitrogens with zero attached hydrogens (tertiary/aromatic N) is 2. The molecule has 0 aliphatic carbocycles. The highest BCUT2D eigenvalue weighted by Crippen LogP contribution is 2.26. The number of aromatic nitrogens is 1. The number of aliphatic hydroxyl groups excluding tert-OH is 1. The molecule has 1 aliphatic rings. The average Bonchev–Trinajstić information content (AvgIpc) is 3.01. The molecule has 1 aromatic rings. The lowest BCUT2D eigenvalue weighted by Gasteiger charge is -2.28. The molecule has 3 N–H and O–H groups in total. The van der Waals surface area contributed by atoms with Crippen molar-refractivity contribution in [1.82, 2.24) is 10.3 Å². The minimum atomic E-state index is -0.611. The SMILES string of the molecule is CCC(C)(CO)NC(=O)Nc1cccnc1N1CCCC1. The Morgan fingerprint density at radius 2 is 2.19 bits per heavy atom. The van der Waals surface area contributed by atoms with Gasteiger partial charge in [0.1, 0.15) is 0 Å². The van der Waals surface area contributed by atoms with Crippen LogP contribution >= 0.6 is 0 Å². The van der Waals surface area contributed by atoms with E-state index in [1.54, 1.807) is 12.3 Å². The molecule has 0 aromatic carbocycles. The Labute approximate surface area is 125 Å². The quantitative estimate of drug-likeness (QED) is 0.775. The van der Waals surface area contributed by atoms with Gasteiger partial charge in [-0.2, -0.15) is 0 Å². The van der Waals surface area contributed by atoms with Gasteiger partial charge < -0.3 is 20.6 Å². The molecule has 2 rings (SSSR count). The molecule has 2 amide bonds. The smallest absolute Gasteiger partial charge is 0.319 e. The van der Waals surface area contributed by atoms with E-state index in [0.717, 1.165) is 31.7 Å². The van der Waals surface area contributed by atoms with Crippen LogP contribution in [0.1, 0.15) is 33.1 Å². The zero-order valence-corrected chi connectivity index (χ0v) is 12.7. The second kappa shape index (κ2) is 6.76. The molecule has 1 aliphatic heterocycles. The van der Waals surface area contributed by atoms with Gasteiger partial charge in [-0.25, -0.2) is 9.78 Å². The Hall–Kier alpha value is -1.82. The van der Waals surface area contributed by atoms with Crippen molar-refractivity contribution < 1.29 is 9.90 Å². The molecule has 0 radical (unpaired) electrons. The van der Waals surface area contributed by atoms with E-state index in [9.17, 15) is 9.90 Å². The zero-order chi connectivity index (χ0) is 15.3. The number of amides is 2. The topological polar surface area (TPSA) is 77.5 Å². The molecule has 2 heterocycles. The van der Waals surface area contributed by atoms with Gasteiger partial charge in [0.25, 0.3) is 0 Å². The van der Waals surface area contributed by atoms with Gasteiger partial charge in [0.05, 0.1) is 17.8 Å². The van der Waals surface area contributed by atoms with Crippen LogP contribution < -0.4 is 15.5 Å². The number of aliphatic hydroxyl groups is 1. The molecule has 116 valence electrons. The van der Waals surface area contributed by atoms with Crippen LogP contribution in [0.15, 0.2) is 18.3 Å². The molecule has 1 fully saturated rings. The molecule has 1 unspecified atom stereocenters. The molecule has 6 heteroatoms. The van der Waals surface area contributed by atoms with Crippen LogP contribution in [0.25, 0.3) is 0 Å². The Morgan fingerprint density at radius 1 is 1.48 bits per heavy atom. The maximum Gasteiger partial charge on any atom is 0.319 e. The van der Waals surface area contributed by atoms with Crippen LogP contribution in [0.4, 0.5) is 16.3 Å². The number of anilines is 2. The van der Waals surface area contributed by atoms with Crippen molar-refractivity contribution in [3.05, 3.63) is 18.3 Å². The fourth-order valence-corrected chi connectivity index (χ4v) is 2.34. The summed E-state index contributed by atoms with van der Waals surface area (Å²) in [5, 5.41) is 15.0. The summed E-state index contributed by atoms with van der Waals surface area (Å²) in [6.07, 6.45) is 4.70. The number of carbonyl (C=O) groups is 1. The minimum Gasteiger partial charge on any atom is -0.394 e. The van der Waals surface area contributed by atoms with Gasteiger partial charge >= 0.3 is 6.03 Å². The number of pyridine rings is 1. The minimum absolute atomic E-state index is 0.0943. The first-order chi connectivity index (χ1) is 10.1. The van der Waals surface area contributed by atoms with E-state index in [1.807, 2.05) is 19.9 Å². The van der Waals surface area contributed by atoms with Crippen molar-refractivity contribution >= 4 is 17.5 Å². The molecular weight excluding hydrogens is 268 g/mol. The van der Waals surface area contributed by atoms with Crippen molar-refractivity contribution in [2.75, 3.05) is 29.9 Å². The first-order valence-electron chi connectivity index (χ1n) is 7.48. The molecule has 6 nitrogen and oxygen atoms in total. The van der Waals surface area contributed by atoms with Crippen molar-refractivity contribution in [2.24, 2.45) is 0 Å². The molecule has 0 saturated carbocycles. The Kier molecular flexibility index (Phi) is 5.01. The third kappa shape index (κ3) is 3.85. The van der Waals surface area contributed by atoms with Crippen molar-refractivity contribution in [1.29, 1.82) is 0 Å². The fraction of sp³-hybridized carbons (Fsp3) is 0.600. The molecule has 1 saturated heterocycles. The number of urea groups is 1. The Morgan fingerprint density at radius 3 is 2.81 bits per heavy atom. The van der Waals surface area contributed by atoms with Crippen molar-refractivity contribution in [3.63, 3.8) is 0 Å². The van der Waals surface area contributed by atoms with Crippen LogP contribution in [0.5, 0.6) is 0 Å². The molecular formula is C15H24N4O2. The molecule has 1 atom stereocenters. The number of hydrogen-bond donors (Lipinski definition) is 3. The lowest BCUT2D eigenvalue weighted by Crippen LogP contribution is -2.50. The standard InChI is InChI=1S/C15H24N4O2/c1-3-15(2,11-20)18-14(21)17-12-7-6-8-16-13(12)19-9-4-5-10-19/h6-8,20H,3-5,9-11H2,1-2H3,(H2,17,18,21). The number of hydrogen-bond acceptors (Lipinski definition) is 4. The van der Waals surface area contributed by atoms with Gasteiger partial charge in [-0.05, 0) is 38.3 Å². The zero-order valence-electron chi connectivity index (χ0n) is 12.7. The van der Waals surface area contributed by atoms with Crippen LogP contribution in [0, 0.1) is 0 Å². The normalized spacial score (nSPS) is 17.4. The first-order valence-corrected chi connectivity index (χ1v) is 7.48. The summed E-state index contributed by atoms with van der Waals surface area (Å²) in [5.41, 5.74) is 0.0911. The second-order valence-corrected chi connectivity index (χ2v) is 5.72.